The van der Waals surface area contributed by atoms with E-state index in [2.05, 4.69) is 19.9 Å². The zero-order valence-electron chi connectivity index (χ0n) is 17.7. The minimum atomic E-state index is -5.02. The van der Waals surface area contributed by atoms with Gasteiger partial charge in [-0.25, -0.2) is 4.98 Å². The van der Waals surface area contributed by atoms with Crippen molar-refractivity contribution in [2.24, 2.45) is 5.73 Å². The summed E-state index contributed by atoms with van der Waals surface area (Å²) in [5, 5.41) is 3.80. The van der Waals surface area contributed by atoms with Crippen LogP contribution in [0.3, 0.4) is 0 Å². The molecular weight excluding hydrogens is 484 g/mol. The number of hydrogen-bond donors (Lipinski definition) is 1. The number of amides is 1. The molecule has 0 aliphatic heterocycles. The monoisotopic (exact) mass is 499 g/mol. The first-order chi connectivity index (χ1) is 16.3. The van der Waals surface area contributed by atoms with Crippen LogP contribution in [0.2, 0.25) is 0 Å². The first kappa shape index (κ1) is 24.0. The topological polar surface area (TPSA) is 109 Å². The lowest BCUT2D eigenvalue weighted by molar-refractivity contribution is -0.191. The van der Waals surface area contributed by atoms with Gasteiger partial charge < -0.3 is 19.6 Å². The van der Waals surface area contributed by atoms with Gasteiger partial charge in [0.2, 0.25) is 11.7 Å². The van der Waals surface area contributed by atoms with E-state index in [1.807, 2.05) is 0 Å². The molecule has 1 unspecified atom stereocenters. The predicted molar refractivity (Wildman–Crippen MR) is 109 cm³/mol. The molecule has 0 radical (unpaired) electrons. The number of para-hydroxylation sites is 1. The lowest BCUT2D eigenvalue weighted by Crippen LogP contribution is -2.31. The van der Waals surface area contributed by atoms with Crippen molar-refractivity contribution in [1.82, 2.24) is 19.7 Å². The van der Waals surface area contributed by atoms with Gasteiger partial charge in [-0.05, 0) is 37.3 Å². The third kappa shape index (κ3) is 4.90. The van der Waals surface area contributed by atoms with Gasteiger partial charge in [0.15, 0.2) is 6.10 Å². The Morgan fingerprint density at radius 1 is 1.17 bits per heavy atom. The van der Waals surface area contributed by atoms with E-state index in [-0.39, 0.29) is 23.8 Å². The molecule has 2 aromatic carbocycles. The van der Waals surface area contributed by atoms with Gasteiger partial charge in [-0.2, -0.15) is 31.3 Å². The zero-order chi connectivity index (χ0) is 25.5. The van der Waals surface area contributed by atoms with E-state index in [9.17, 15) is 31.1 Å². The summed E-state index contributed by atoms with van der Waals surface area (Å²) >= 11 is 0. The summed E-state index contributed by atoms with van der Waals surface area (Å²) in [5.74, 6) is -1.96. The van der Waals surface area contributed by atoms with E-state index in [1.54, 1.807) is 18.2 Å². The van der Waals surface area contributed by atoms with Crippen molar-refractivity contribution >= 4 is 16.9 Å². The fourth-order valence-corrected chi connectivity index (χ4v) is 3.29. The van der Waals surface area contributed by atoms with E-state index in [1.165, 1.54) is 10.9 Å². The van der Waals surface area contributed by atoms with Gasteiger partial charge in [0, 0.05) is 11.1 Å². The first-order valence-electron chi connectivity index (χ1n) is 9.86. The van der Waals surface area contributed by atoms with Crippen LogP contribution in [0.4, 0.5) is 26.3 Å². The Bertz CT molecular complexity index is 1390. The third-order valence-corrected chi connectivity index (χ3v) is 4.93. The third-order valence-electron chi connectivity index (χ3n) is 4.93. The van der Waals surface area contributed by atoms with Crippen molar-refractivity contribution in [3.8, 4) is 28.6 Å². The molecule has 0 saturated heterocycles. The number of hydrogen-bond acceptors (Lipinski definition) is 6. The summed E-state index contributed by atoms with van der Waals surface area (Å²) in [4.78, 5) is 19.7. The number of benzene rings is 2. The van der Waals surface area contributed by atoms with Crippen LogP contribution in [-0.4, -0.2) is 37.9 Å². The van der Waals surface area contributed by atoms with E-state index < -0.39 is 35.7 Å². The molecule has 4 aromatic rings. The molecular formula is C21H15F6N5O3. The number of halogens is 6. The van der Waals surface area contributed by atoms with Crippen molar-refractivity contribution < 1.29 is 40.4 Å². The molecule has 0 aliphatic rings. The number of nitrogens with zero attached hydrogens (tertiary/aromatic N) is 4. The van der Waals surface area contributed by atoms with E-state index in [4.69, 9.17) is 10.3 Å². The number of fused-ring (bicyclic) bond motifs is 1. The Kier molecular flexibility index (Phi) is 5.90. The molecule has 0 saturated carbocycles. The second-order valence-corrected chi connectivity index (χ2v) is 7.45. The van der Waals surface area contributed by atoms with Crippen LogP contribution in [-0.2, 0) is 17.5 Å². The highest BCUT2D eigenvalue weighted by Crippen LogP contribution is 2.40. The maximum Gasteiger partial charge on any atom is 0.425 e. The van der Waals surface area contributed by atoms with E-state index >= 15 is 0 Å². The average Bonchev–Trinajstić information content (AvgIpc) is 3.40. The van der Waals surface area contributed by atoms with E-state index in [0.717, 1.165) is 12.1 Å². The van der Waals surface area contributed by atoms with Crippen molar-refractivity contribution in [2.75, 3.05) is 0 Å². The van der Waals surface area contributed by atoms with Crippen LogP contribution < -0.4 is 10.5 Å². The summed E-state index contributed by atoms with van der Waals surface area (Å²) in [7, 11) is 0. The van der Waals surface area contributed by atoms with Crippen molar-refractivity contribution in [3.05, 3.63) is 48.3 Å². The Morgan fingerprint density at radius 3 is 2.57 bits per heavy atom. The number of ether oxygens (including phenoxy) is 1. The van der Waals surface area contributed by atoms with E-state index in [0.29, 0.717) is 29.6 Å². The molecule has 1 amide bonds. The maximum atomic E-state index is 13.6. The molecule has 1 atom stereocenters. The molecule has 0 bridgehead atoms. The molecule has 2 heterocycles. The summed E-state index contributed by atoms with van der Waals surface area (Å²) in [6, 6.07) is 7.27. The lowest BCUT2D eigenvalue weighted by Gasteiger charge is -2.20. The van der Waals surface area contributed by atoms with Gasteiger partial charge >= 0.3 is 12.4 Å². The predicted octanol–water partition coefficient (Wildman–Crippen LogP) is 4.59. The molecule has 0 aliphatic carbocycles. The van der Waals surface area contributed by atoms with Crippen LogP contribution >= 0.6 is 0 Å². The van der Waals surface area contributed by atoms with Gasteiger partial charge in [-0.15, -0.1) is 0 Å². The van der Waals surface area contributed by atoms with Crippen molar-refractivity contribution in [1.29, 1.82) is 0 Å². The van der Waals surface area contributed by atoms with Crippen LogP contribution in [0.5, 0.6) is 5.75 Å². The maximum absolute atomic E-state index is 13.6. The number of rotatable bonds is 6. The Morgan fingerprint density at radius 2 is 1.91 bits per heavy atom. The van der Waals surface area contributed by atoms with Crippen LogP contribution in [0.1, 0.15) is 12.5 Å². The summed E-state index contributed by atoms with van der Waals surface area (Å²) in [6.07, 6.45) is -11.0. The van der Waals surface area contributed by atoms with Gasteiger partial charge in [0.25, 0.3) is 5.89 Å². The zero-order valence-corrected chi connectivity index (χ0v) is 17.7. The number of aromatic nitrogens is 4. The number of nitrogens with two attached hydrogens (primary N) is 1. The number of carbonyl (C=O) groups excluding carboxylic acids is 1. The number of carbonyl (C=O) groups is 1. The molecule has 184 valence electrons. The van der Waals surface area contributed by atoms with Gasteiger partial charge in [0.05, 0.1) is 22.9 Å². The largest absolute Gasteiger partial charge is 0.481 e. The average molecular weight is 499 g/mol. The van der Waals surface area contributed by atoms with Gasteiger partial charge in [-0.1, -0.05) is 11.2 Å². The number of alkyl halides is 6. The summed E-state index contributed by atoms with van der Waals surface area (Å²) in [6.45, 7) is 0.410. The highest BCUT2D eigenvalue weighted by Gasteiger charge is 2.41. The molecule has 14 heteroatoms. The van der Waals surface area contributed by atoms with Crippen molar-refractivity contribution in [3.63, 3.8) is 0 Å². The molecule has 4 rings (SSSR count). The smallest absolute Gasteiger partial charge is 0.425 e. The number of imidazole rings is 1. The van der Waals surface area contributed by atoms with Crippen LogP contribution in [0.15, 0.2) is 47.2 Å². The standard InChI is InChI=1S/C21H15F6N5O3/c1-10(20(22,23)24)34-15-6-5-11(7-13(15)21(25,26)27)19-30-18(31-35-19)12-3-2-4-14-17(12)32(9-29-14)8-16(28)33/h2-7,9-10H,8H2,1H3,(H2,28,33). The molecule has 0 spiro atoms. The lowest BCUT2D eigenvalue weighted by atomic mass is 10.1. The minimum Gasteiger partial charge on any atom is -0.481 e. The Hall–Kier alpha value is -4.10. The minimum absolute atomic E-state index is 0.0172. The Labute approximate surface area is 192 Å². The van der Waals surface area contributed by atoms with Gasteiger partial charge in [-0.3, -0.25) is 4.79 Å². The second-order valence-electron chi connectivity index (χ2n) is 7.45. The fraction of sp³-hybridized carbons (Fsp3) is 0.238. The molecule has 8 nitrogen and oxygen atoms in total. The van der Waals surface area contributed by atoms with Crippen LogP contribution in [0.25, 0.3) is 33.9 Å². The quantitative estimate of drug-likeness (QED) is 0.389. The molecule has 2 N–H and O–H groups in total. The highest BCUT2D eigenvalue weighted by molar-refractivity contribution is 5.91. The van der Waals surface area contributed by atoms with Crippen molar-refractivity contribution in [2.45, 2.75) is 31.9 Å². The molecule has 2 aromatic heterocycles. The second kappa shape index (κ2) is 8.60. The Balaban J connectivity index is 1.74. The van der Waals surface area contributed by atoms with Gasteiger partial charge in [0.1, 0.15) is 12.3 Å². The molecule has 0 fully saturated rings. The summed E-state index contributed by atoms with van der Waals surface area (Å²) < 4.78 is 90.2. The normalized spacial score (nSPS) is 13.2. The highest BCUT2D eigenvalue weighted by atomic mass is 19.4. The SMILES string of the molecule is CC(Oc1ccc(-c2nc(-c3cccc4ncn(CC(N)=O)c34)no2)cc1C(F)(F)F)C(F)(F)F. The number of primary amides is 1. The van der Waals surface area contributed by atoms with Crippen LogP contribution in [0, 0.1) is 0 Å². The molecule has 35 heavy (non-hydrogen) atoms. The fourth-order valence-electron chi connectivity index (χ4n) is 3.29. The first-order valence-corrected chi connectivity index (χ1v) is 9.86. The summed E-state index contributed by atoms with van der Waals surface area (Å²) in [5.41, 5.74) is 4.92.